The third-order valence-electron chi connectivity index (χ3n) is 5.87. The summed E-state index contributed by atoms with van der Waals surface area (Å²) in [6.45, 7) is 2.78. The second-order valence-corrected chi connectivity index (χ2v) is 7.82. The van der Waals surface area contributed by atoms with Crippen molar-refractivity contribution >= 4 is 28.4 Å². The highest BCUT2D eigenvalue weighted by Gasteiger charge is 2.34. The van der Waals surface area contributed by atoms with Crippen LogP contribution in [0.4, 0.5) is 0 Å². The Morgan fingerprint density at radius 2 is 1.74 bits per heavy atom. The first kappa shape index (κ1) is 16.8. The fourth-order valence-corrected chi connectivity index (χ4v) is 4.72. The zero-order chi connectivity index (χ0) is 18.4. The van der Waals surface area contributed by atoms with Gasteiger partial charge in [0.15, 0.2) is 0 Å². The summed E-state index contributed by atoms with van der Waals surface area (Å²) in [5.41, 5.74) is 4.14. The van der Waals surface area contributed by atoms with Gasteiger partial charge in [-0.25, -0.2) is 0 Å². The van der Waals surface area contributed by atoms with Crippen LogP contribution in [-0.4, -0.2) is 41.1 Å². The summed E-state index contributed by atoms with van der Waals surface area (Å²) in [7, 11) is 0. The second kappa shape index (κ2) is 6.70. The fraction of sp³-hybridized carbons (Fsp3) is 0.318. The molecule has 1 amide bonds. The zero-order valence-corrected chi connectivity index (χ0v) is 15.9. The molecule has 0 saturated carbocycles. The van der Waals surface area contributed by atoms with Gasteiger partial charge in [0, 0.05) is 40.8 Å². The van der Waals surface area contributed by atoms with Crippen molar-refractivity contribution in [3.05, 3.63) is 64.8 Å². The number of nitrogens with zero attached hydrogens (tertiary/aromatic N) is 2. The Hall–Kier alpha value is -2.30. The van der Waals surface area contributed by atoms with Gasteiger partial charge in [-0.2, -0.15) is 0 Å². The smallest absolute Gasteiger partial charge is 0.256 e. The lowest BCUT2D eigenvalue weighted by atomic mass is 9.98. The van der Waals surface area contributed by atoms with Crippen molar-refractivity contribution in [3.8, 4) is 5.69 Å². The molecule has 0 atom stereocenters. The van der Waals surface area contributed by atoms with Gasteiger partial charge in [-0.05, 0) is 56.3 Å². The number of aromatic nitrogens is 1. The molecule has 2 aliphatic rings. The summed E-state index contributed by atoms with van der Waals surface area (Å²) in [5, 5.41) is 5.16. The summed E-state index contributed by atoms with van der Waals surface area (Å²) in [5.74, 6) is 0.187. The number of para-hydroxylation sites is 1. The number of carbonyl (C=O) groups excluding carboxylic acids is 1. The summed E-state index contributed by atoms with van der Waals surface area (Å²) < 4.78 is 2.23. The lowest BCUT2D eigenvalue weighted by molar-refractivity contribution is 0.0624. The van der Waals surface area contributed by atoms with Crippen LogP contribution in [0.3, 0.4) is 0 Å². The maximum Gasteiger partial charge on any atom is 0.256 e. The minimum Gasteiger partial charge on any atom is -0.335 e. The second-order valence-electron chi connectivity index (χ2n) is 7.38. The predicted molar refractivity (Wildman–Crippen MR) is 109 cm³/mol. The summed E-state index contributed by atoms with van der Waals surface area (Å²) >= 11 is 6.09. The monoisotopic (exact) mass is 379 g/mol. The molecule has 0 spiro atoms. The number of fused-ring (bicyclic) bond motifs is 3. The first-order valence-corrected chi connectivity index (χ1v) is 10.0. The van der Waals surface area contributed by atoms with Gasteiger partial charge in [-0.15, -0.1) is 0 Å². The van der Waals surface area contributed by atoms with E-state index in [4.69, 9.17) is 11.6 Å². The first-order valence-electron chi connectivity index (χ1n) is 9.64. The molecule has 0 unspecified atom stereocenters. The highest BCUT2D eigenvalue weighted by Crippen LogP contribution is 2.35. The topological polar surface area (TPSA) is 37.3 Å². The fourth-order valence-electron chi connectivity index (χ4n) is 4.59. The first-order chi connectivity index (χ1) is 13.2. The molecule has 0 aliphatic carbocycles. The van der Waals surface area contributed by atoms with Crippen LogP contribution in [0.15, 0.2) is 48.5 Å². The Morgan fingerprint density at radius 3 is 2.52 bits per heavy atom. The average Bonchev–Trinajstić information content (AvgIpc) is 3.05. The highest BCUT2D eigenvalue weighted by atomic mass is 35.5. The van der Waals surface area contributed by atoms with Crippen LogP contribution in [0.5, 0.6) is 0 Å². The summed E-state index contributed by atoms with van der Waals surface area (Å²) in [6, 6.07) is 16.4. The van der Waals surface area contributed by atoms with Crippen molar-refractivity contribution in [1.82, 2.24) is 14.8 Å². The maximum atomic E-state index is 13.5. The van der Waals surface area contributed by atoms with E-state index in [1.807, 2.05) is 36.4 Å². The van der Waals surface area contributed by atoms with Crippen LogP contribution >= 0.6 is 11.6 Å². The van der Waals surface area contributed by atoms with Gasteiger partial charge in [0.2, 0.25) is 0 Å². The molecule has 3 heterocycles. The third kappa shape index (κ3) is 2.75. The number of hydrogen-bond acceptors (Lipinski definition) is 2. The molecule has 5 heteroatoms. The molecular weight excluding hydrogens is 358 g/mol. The van der Waals surface area contributed by atoms with Crippen LogP contribution < -0.4 is 5.32 Å². The van der Waals surface area contributed by atoms with E-state index in [1.165, 1.54) is 0 Å². The van der Waals surface area contributed by atoms with Gasteiger partial charge in [0.05, 0.1) is 11.1 Å². The van der Waals surface area contributed by atoms with E-state index in [0.717, 1.165) is 71.8 Å². The molecule has 2 aliphatic heterocycles. The normalized spacial score (nSPS) is 18.1. The lowest BCUT2D eigenvalue weighted by Gasteiger charge is -2.37. The number of benzene rings is 2. The molecule has 1 saturated heterocycles. The van der Waals surface area contributed by atoms with E-state index < -0.39 is 0 Å². The lowest BCUT2D eigenvalue weighted by Crippen LogP contribution is -2.49. The van der Waals surface area contributed by atoms with Crippen molar-refractivity contribution in [2.75, 3.05) is 19.6 Å². The molecular formula is C22H22ClN3O. The van der Waals surface area contributed by atoms with Crippen molar-refractivity contribution in [1.29, 1.82) is 0 Å². The molecule has 1 aromatic heterocycles. The molecule has 2 aromatic carbocycles. The standard InChI is InChI=1S/C22H22ClN3O/c23-15-5-7-17(8-6-15)26-19-4-2-1-3-18(19)21-20(26)11-14-25(22(21)27)16-9-12-24-13-10-16/h1-8,16,24H,9-14H2. The van der Waals surface area contributed by atoms with E-state index >= 15 is 0 Å². The van der Waals surface area contributed by atoms with E-state index in [9.17, 15) is 4.79 Å². The number of hydrogen-bond donors (Lipinski definition) is 1. The Kier molecular flexibility index (Phi) is 4.18. The number of piperidine rings is 1. The molecule has 1 fully saturated rings. The Bertz CT molecular complexity index is 1000. The van der Waals surface area contributed by atoms with Crippen LogP contribution in [0.1, 0.15) is 28.9 Å². The Balaban J connectivity index is 1.66. The van der Waals surface area contributed by atoms with Crippen LogP contribution in [-0.2, 0) is 6.42 Å². The molecule has 4 nitrogen and oxygen atoms in total. The zero-order valence-electron chi connectivity index (χ0n) is 15.1. The van der Waals surface area contributed by atoms with Crippen LogP contribution in [0.25, 0.3) is 16.6 Å². The highest BCUT2D eigenvalue weighted by molar-refractivity contribution is 6.30. The minimum atomic E-state index is 0.187. The quantitative estimate of drug-likeness (QED) is 0.729. The maximum absolute atomic E-state index is 13.5. The number of halogens is 1. The van der Waals surface area contributed by atoms with Crippen molar-refractivity contribution in [2.24, 2.45) is 0 Å². The summed E-state index contributed by atoms with van der Waals surface area (Å²) in [4.78, 5) is 15.6. The van der Waals surface area contributed by atoms with Gasteiger partial charge in [0.1, 0.15) is 0 Å². The number of amides is 1. The molecule has 138 valence electrons. The van der Waals surface area contributed by atoms with Crippen LogP contribution in [0.2, 0.25) is 5.02 Å². The summed E-state index contributed by atoms with van der Waals surface area (Å²) in [6.07, 6.45) is 2.95. The molecule has 5 rings (SSSR count). The van der Waals surface area contributed by atoms with E-state index in [2.05, 4.69) is 26.9 Å². The van der Waals surface area contributed by atoms with Gasteiger partial charge in [-0.3, -0.25) is 4.79 Å². The van der Waals surface area contributed by atoms with Crippen molar-refractivity contribution in [2.45, 2.75) is 25.3 Å². The van der Waals surface area contributed by atoms with Crippen LogP contribution in [0, 0.1) is 0 Å². The van der Waals surface area contributed by atoms with Gasteiger partial charge in [0.25, 0.3) is 5.91 Å². The van der Waals surface area contributed by atoms with Crippen molar-refractivity contribution in [3.63, 3.8) is 0 Å². The Labute approximate surface area is 163 Å². The number of nitrogens with one attached hydrogen (secondary N) is 1. The molecule has 27 heavy (non-hydrogen) atoms. The van der Waals surface area contributed by atoms with E-state index in [-0.39, 0.29) is 5.91 Å². The Morgan fingerprint density at radius 1 is 1.00 bits per heavy atom. The molecule has 3 aromatic rings. The van der Waals surface area contributed by atoms with Gasteiger partial charge in [-0.1, -0.05) is 29.8 Å². The van der Waals surface area contributed by atoms with Gasteiger partial charge >= 0.3 is 0 Å². The average molecular weight is 380 g/mol. The number of rotatable bonds is 2. The van der Waals surface area contributed by atoms with Crippen molar-refractivity contribution < 1.29 is 4.79 Å². The molecule has 0 bridgehead atoms. The van der Waals surface area contributed by atoms with E-state index in [0.29, 0.717) is 6.04 Å². The van der Waals surface area contributed by atoms with Gasteiger partial charge < -0.3 is 14.8 Å². The SMILES string of the molecule is O=C1c2c(n(-c3ccc(Cl)cc3)c3ccccc23)CCN1C1CCNCC1. The minimum absolute atomic E-state index is 0.187. The third-order valence-corrected chi connectivity index (χ3v) is 6.12. The molecule has 1 N–H and O–H groups in total. The largest absolute Gasteiger partial charge is 0.335 e. The predicted octanol–water partition coefficient (Wildman–Crippen LogP) is 4.03. The molecule has 0 radical (unpaired) electrons. The van der Waals surface area contributed by atoms with E-state index in [1.54, 1.807) is 0 Å². The number of carbonyl (C=O) groups is 1.